The number of H-pyrrole nitrogens is 1. The summed E-state index contributed by atoms with van der Waals surface area (Å²) in [4.78, 5) is 19.5. The summed E-state index contributed by atoms with van der Waals surface area (Å²) in [6.07, 6.45) is 2.54. The molecule has 0 aliphatic heterocycles. The van der Waals surface area contributed by atoms with Crippen LogP contribution in [0.3, 0.4) is 0 Å². The zero-order chi connectivity index (χ0) is 24.6. The molecule has 2 aromatic heterocycles. The van der Waals surface area contributed by atoms with Crippen molar-refractivity contribution in [3.63, 3.8) is 0 Å². The van der Waals surface area contributed by atoms with E-state index < -0.39 is 37.9 Å². The van der Waals surface area contributed by atoms with E-state index in [4.69, 9.17) is 0 Å². The minimum Gasteiger partial charge on any atom is -0.354 e. The van der Waals surface area contributed by atoms with Crippen molar-refractivity contribution in [1.82, 2.24) is 9.97 Å². The number of pyridine rings is 2. The zero-order valence-electron chi connectivity index (χ0n) is 17.9. The van der Waals surface area contributed by atoms with Gasteiger partial charge < -0.3 is 4.98 Å². The van der Waals surface area contributed by atoms with Crippen LogP contribution >= 0.6 is 0 Å². The lowest BCUT2D eigenvalue weighted by Gasteiger charge is -2.11. The Morgan fingerprint density at radius 2 is 1.85 bits per heavy atom. The fraction of sp³-hybridized carbons (Fsp3) is 0.0800. The van der Waals surface area contributed by atoms with Gasteiger partial charge in [-0.1, -0.05) is 11.8 Å². The second kappa shape index (κ2) is 8.54. The largest absolute Gasteiger partial charge is 0.354 e. The monoisotopic (exact) mass is 475 g/mol. The van der Waals surface area contributed by atoms with Crippen molar-refractivity contribution in [2.45, 2.75) is 11.8 Å². The van der Waals surface area contributed by atoms with E-state index >= 15 is 4.39 Å². The van der Waals surface area contributed by atoms with E-state index in [1.54, 1.807) is 25.3 Å². The SMILES string of the molecule is Cc1ncccc1C#Cc1c(F)cc2[nH]c(-c3cc(C#N)ccc3S(C)(=O)=O)cc(=O)c2c1F. The van der Waals surface area contributed by atoms with Crippen LogP contribution < -0.4 is 5.43 Å². The highest BCUT2D eigenvalue weighted by molar-refractivity contribution is 7.90. The summed E-state index contributed by atoms with van der Waals surface area (Å²) in [5, 5.41) is 8.77. The molecule has 0 saturated carbocycles. The molecular weight excluding hydrogens is 460 g/mol. The molecular formula is C25H15F2N3O3S. The quantitative estimate of drug-likeness (QED) is 0.444. The highest BCUT2D eigenvalue weighted by atomic mass is 32.2. The number of aromatic nitrogens is 2. The summed E-state index contributed by atoms with van der Waals surface area (Å²) in [5.41, 5.74) is -0.298. The zero-order valence-corrected chi connectivity index (χ0v) is 18.7. The van der Waals surface area contributed by atoms with Gasteiger partial charge in [-0.3, -0.25) is 9.78 Å². The van der Waals surface area contributed by atoms with Crippen LogP contribution in [0.25, 0.3) is 22.2 Å². The topological polar surface area (TPSA) is 104 Å². The standard InChI is InChI=1S/C25H15F2N3O3S/c1-14-16(4-3-9-29-14)6-7-17-19(26)11-21-24(25(17)27)22(31)12-20(30-21)18-10-15(13-28)5-8-23(18)34(2,32)33/h3-5,8-12H,1-2H3,(H,30,31). The molecule has 0 radical (unpaired) electrons. The van der Waals surface area contributed by atoms with Crippen LogP contribution in [0.1, 0.15) is 22.4 Å². The smallest absolute Gasteiger partial charge is 0.193 e. The Labute approximate surface area is 193 Å². The molecule has 4 aromatic rings. The number of sulfone groups is 1. The Morgan fingerprint density at radius 3 is 2.53 bits per heavy atom. The molecule has 0 aliphatic rings. The summed E-state index contributed by atoms with van der Waals surface area (Å²) in [5.74, 6) is 2.97. The summed E-state index contributed by atoms with van der Waals surface area (Å²) in [7, 11) is -3.74. The Balaban J connectivity index is 1.95. The van der Waals surface area contributed by atoms with Crippen LogP contribution in [0.5, 0.6) is 0 Å². The second-order valence-electron chi connectivity index (χ2n) is 7.50. The van der Waals surface area contributed by atoms with Crippen molar-refractivity contribution in [2.24, 2.45) is 0 Å². The molecule has 0 amide bonds. The van der Waals surface area contributed by atoms with Gasteiger partial charge in [-0.2, -0.15) is 5.26 Å². The predicted molar refractivity (Wildman–Crippen MR) is 123 cm³/mol. The molecule has 0 fully saturated rings. The Bertz CT molecular complexity index is 1760. The highest BCUT2D eigenvalue weighted by Crippen LogP contribution is 2.29. The van der Waals surface area contributed by atoms with Gasteiger partial charge in [0.2, 0.25) is 0 Å². The number of nitrogens with zero attached hydrogens (tertiary/aromatic N) is 2. The summed E-state index contributed by atoms with van der Waals surface area (Å²) in [6.45, 7) is 1.70. The van der Waals surface area contributed by atoms with Crippen molar-refractivity contribution in [3.8, 4) is 29.2 Å². The number of hydrogen-bond donors (Lipinski definition) is 1. The van der Waals surface area contributed by atoms with Crippen LogP contribution in [-0.2, 0) is 9.84 Å². The van der Waals surface area contributed by atoms with E-state index in [1.807, 2.05) is 6.07 Å². The van der Waals surface area contributed by atoms with E-state index in [-0.39, 0.29) is 27.2 Å². The molecule has 0 aliphatic carbocycles. The van der Waals surface area contributed by atoms with Gasteiger partial charge in [0.1, 0.15) is 5.82 Å². The number of fused-ring (bicyclic) bond motifs is 1. The summed E-state index contributed by atoms with van der Waals surface area (Å²) >= 11 is 0. The average molecular weight is 475 g/mol. The molecule has 4 rings (SSSR count). The number of halogens is 2. The Morgan fingerprint density at radius 1 is 1.09 bits per heavy atom. The summed E-state index contributed by atoms with van der Waals surface area (Å²) in [6, 6.07) is 11.0. The molecule has 9 heteroatoms. The van der Waals surface area contributed by atoms with Crippen molar-refractivity contribution in [2.75, 3.05) is 6.26 Å². The third-order valence-electron chi connectivity index (χ3n) is 5.14. The fourth-order valence-electron chi connectivity index (χ4n) is 3.48. The van der Waals surface area contributed by atoms with E-state index in [1.165, 1.54) is 18.2 Å². The molecule has 0 spiro atoms. The van der Waals surface area contributed by atoms with Gasteiger partial charge in [-0.25, -0.2) is 17.2 Å². The predicted octanol–water partition coefficient (Wildman–Crippen LogP) is 3.85. The van der Waals surface area contributed by atoms with Gasteiger partial charge in [-0.05, 0) is 43.3 Å². The van der Waals surface area contributed by atoms with Crippen LogP contribution in [0.15, 0.2) is 58.4 Å². The molecule has 1 N–H and O–H groups in total. The first kappa shape index (κ1) is 22.8. The number of nitrogens with one attached hydrogen (secondary N) is 1. The van der Waals surface area contributed by atoms with E-state index in [9.17, 15) is 22.9 Å². The number of aromatic amines is 1. The lowest BCUT2D eigenvalue weighted by molar-refractivity contribution is 0.585. The minimum atomic E-state index is -3.74. The van der Waals surface area contributed by atoms with Crippen molar-refractivity contribution in [1.29, 1.82) is 5.26 Å². The number of aryl methyl sites for hydroxylation is 1. The molecule has 0 saturated heterocycles. The number of rotatable bonds is 2. The lowest BCUT2D eigenvalue weighted by atomic mass is 10.0. The highest BCUT2D eigenvalue weighted by Gasteiger charge is 2.20. The van der Waals surface area contributed by atoms with E-state index in [0.29, 0.717) is 11.3 Å². The maximum Gasteiger partial charge on any atom is 0.193 e. The average Bonchev–Trinajstić information content (AvgIpc) is 2.78. The number of nitriles is 1. The molecule has 0 unspecified atom stereocenters. The van der Waals surface area contributed by atoms with Gasteiger partial charge in [0.25, 0.3) is 0 Å². The van der Waals surface area contributed by atoms with Crippen molar-refractivity contribution >= 4 is 20.7 Å². The maximum absolute atomic E-state index is 15.2. The first-order valence-electron chi connectivity index (χ1n) is 9.83. The molecule has 0 bridgehead atoms. The minimum absolute atomic E-state index is 0.00126. The maximum atomic E-state index is 15.2. The Hall–Kier alpha value is -4.34. The third-order valence-corrected chi connectivity index (χ3v) is 6.29. The van der Waals surface area contributed by atoms with Crippen molar-refractivity contribution in [3.05, 3.63) is 92.9 Å². The van der Waals surface area contributed by atoms with Crippen LogP contribution in [-0.4, -0.2) is 24.6 Å². The molecule has 34 heavy (non-hydrogen) atoms. The van der Waals surface area contributed by atoms with Gasteiger partial charge in [-0.15, -0.1) is 0 Å². The molecule has 168 valence electrons. The van der Waals surface area contributed by atoms with Crippen LogP contribution in [0.4, 0.5) is 8.78 Å². The molecule has 2 aromatic carbocycles. The molecule has 2 heterocycles. The number of benzene rings is 2. The second-order valence-corrected chi connectivity index (χ2v) is 9.48. The van der Waals surface area contributed by atoms with Crippen LogP contribution in [0, 0.1) is 41.7 Å². The van der Waals surface area contributed by atoms with Gasteiger partial charge >= 0.3 is 0 Å². The van der Waals surface area contributed by atoms with E-state index in [2.05, 4.69) is 21.8 Å². The van der Waals surface area contributed by atoms with Crippen LogP contribution in [0.2, 0.25) is 0 Å². The lowest BCUT2D eigenvalue weighted by Crippen LogP contribution is -2.09. The van der Waals surface area contributed by atoms with Crippen molar-refractivity contribution < 1.29 is 17.2 Å². The molecule has 6 nitrogen and oxygen atoms in total. The normalized spacial score (nSPS) is 11.0. The number of hydrogen-bond acceptors (Lipinski definition) is 5. The fourth-order valence-corrected chi connectivity index (χ4v) is 4.37. The van der Waals surface area contributed by atoms with E-state index in [0.717, 1.165) is 18.4 Å². The van der Waals surface area contributed by atoms with Gasteiger partial charge in [0.15, 0.2) is 21.1 Å². The molecule has 0 atom stereocenters. The van der Waals surface area contributed by atoms with Gasteiger partial charge in [0, 0.05) is 29.6 Å². The first-order chi connectivity index (χ1) is 16.1. The third kappa shape index (κ3) is 4.17. The van der Waals surface area contributed by atoms with Gasteiger partial charge in [0.05, 0.1) is 44.4 Å². The Kier molecular flexibility index (Phi) is 5.74. The first-order valence-corrected chi connectivity index (χ1v) is 11.7. The summed E-state index contributed by atoms with van der Waals surface area (Å²) < 4.78 is 54.5.